The van der Waals surface area contributed by atoms with E-state index in [1.54, 1.807) is 0 Å². The number of aromatic nitrogens is 1. The molecule has 148 valence electrons. The van der Waals surface area contributed by atoms with Crippen molar-refractivity contribution < 1.29 is 0 Å². The summed E-state index contributed by atoms with van der Waals surface area (Å²) in [7, 11) is 2.21. The van der Waals surface area contributed by atoms with Gasteiger partial charge in [-0.15, -0.1) is 0 Å². The van der Waals surface area contributed by atoms with Gasteiger partial charge in [-0.1, -0.05) is 47.5 Å². The molecule has 28 heavy (non-hydrogen) atoms. The van der Waals surface area contributed by atoms with Gasteiger partial charge in [0.1, 0.15) is 0 Å². The van der Waals surface area contributed by atoms with Crippen molar-refractivity contribution in [2.75, 3.05) is 39.8 Å². The molecule has 0 spiro atoms. The molecule has 2 aromatic carbocycles. The van der Waals surface area contributed by atoms with Crippen LogP contribution in [0.1, 0.15) is 17.5 Å². The van der Waals surface area contributed by atoms with Crippen LogP contribution in [0.2, 0.25) is 10.0 Å². The van der Waals surface area contributed by atoms with Crippen LogP contribution in [-0.4, -0.2) is 54.1 Å². The van der Waals surface area contributed by atoms with Crippen LogP contribution >= 0.6 is 23.2 Å². The second-order valence-electron chi connectivity index (χ2n) is 7.75. The summed E-state index contributed by atoms with van der Waals surface area (Å²) in [6.45, 7) is 6.59. The van der Waals surface area contributed by atoms with E-state index in [4.69, 9.17) is 23.2 Å². The molecule has 1 fully saturated rings. The number of benzene rings is 2. The van der Waals surface area contributed by atoms with Crippen molar-refractivity contribution in [3.05, 3.63) is 69.8 Å². The maximum atomic E-state index is 6.41. The Hall–Kier alpha value is -1.52. The van der Waals surface area contributed by atoms with Crippen molar-refractivity contribution in [1.82, 2.24) is 14.4 Å². The maximum Gasteiger partial charge on any atom is 0.0505 e. The van der Waals surface area contributed by atoms with Gasteiger partial charge < -0.3 is 14.4 Å². The van der Waals surface area contributed by atoms with Gasteiger partial charge >= 0.3 is 0 Å². The van der Waals surface area contributed by atoms with Crippen molar-refractivity contribution in [3.8, 4) is 0 Å². The van der Waals surface area contributed by atoms with Crippen molar-refractivity contribution in [2.45, 2.75) is 19.4 Å². The van der Waals surface area contributed by atoms with E-state index in [0.717, 1.165) is 22.0 Å². The molecule has 4 rings (SSSR count). The molecular weight excluding hydrogens is 389 g/mol. The summed E-state index contributed by atoms with van der Waals surface area (Å²) in [5, 5.41) is 2.79. The Labute approximate surface area is 177 Å². The Morgan fingerprint density at radius 2 is 1.61 bits per heavy atom. The van der Waals surface area contributed by atoms with Crippen LogP contribution in [-0.2, 0) is 13.0 Å². The largest absolute Gasteiger partial charge is 0.343 e. The number of aryl methyl sites for hydroxylation is 1. The molecule has 0 aliphatic carbocycles. The van der Waals surface area contributed by atoms with Crippen molar-refractivity contribution in [3.63, 3.8) is 0 Å². The number of nitrogens with zero attached hydrogens (tertiary/aromatic N) is 3. The molecule has 0 unspecified atom stereocenters. The Morgan fingerprint density at radius 3 is 2.36 bits per heavy atom. The fourth-order valence-corrected chi connectivity index (χ4v) is 4.59. The van der Waals surface area contributed by atoms with Crippen molar-refractivity contribution in [1.29, 1.82) is 0 Å². The average Bonchev–Trinajstić information content (AvgIpc) is 3.04. The molecule has 5 heteroatoms. The minimum absolute atomic E-state index is 0.692. The highest BCUT2D eigenvalue weighted by Gasteiger charge is 2.15. The third kappa shape index (κ3) is 4.38. The van der Waals surface area contributed by atoms with Crippen molar-refractivity contribution in [2.24, 2.45) is 0 Å². The van der Waals surface area contributed by atoms with Gasteiger partial charge in [0.25, 0.3) is 0 Å². The zero-order valence-corrected chi connectivity index (χ0v) is 17.9. The van der Waals surface area contributed by atoms with Gasteiger partial charge in [-0.25, -0.2) is 0 Å². The molecule has 0 atom stereocenters. The van der Waals surface area contributed by atoms with Gasteiger partial charge in [-0.05, 0) is 50.2 Å². The Balaban J connectivity index is 1.50. The minimum atomic E-state index is 0.692. The third-order valence-electron chi connectivity index (χ3n) is 5.78. The number of piperazine rings is 1. The Bertz CT molecular complexity index is 922. The third-order valence-corrected chi connectivity index (χ3v) is 6.49. The van der Waals surface area contributed by atoms with Crippen LogP contribution in [0.3, 0.4) is 0 Å². The fourth-order valence-electron chi connectivity index (χ4n) is 4.07. The Morgan fingerprint density at radius 1 is 0.893 bits per heavy atom. The van der Waals surface area contributed by atoms with Crippen LogP contribution < -0.4 is 0 Å². The van der Waals surface area contributed by atoms with E-state index >= 15 is 0 Å². The monoisotopic (exact) mass is 415 g/mol. The molecule has 3 nitrogen and oxygen atoms in total. The fraction of sp³-hybridized carbons (Fsp3) is 0.391. The quantitative estimate of drug-likeness (QED) is 0.549. The zero-order valence-electron chi connectivity index (χ0n) is 16.4. The summed E-state index contributed by atoms with van der Waals surface area (Å²) in [6, 6.07) is 14.3. The lowest BCUT2D eigenvalue weighted by Crippen LogP contribution is -2.44. The SMILES string of the molecule is CN1CCN(CCCc2cn(Cc3c(Cl)cccc3Cl)c3ccccc23)CC1. The summed E-state index contributed by atoms with van der Waals surface area (Å²) in [5.74, 6) is 0. The molecule has 1 aliphatic rings. The number of hydrogen-bond acceptors (Lipinski definition) is 2. The number of likely N-dealkylation sites (N-methyl/N-ethyl adjacent to an activating group) is 1. The van der Waals surface area contributed by atoms with E-state index in [9.17, 15) is 0 Å². The second-order valence-corrected chi connectivity index (χ2v) is 8.56. The number of halogens is 2. The van der Waals surface area contributed by atoms with Crippen LogP contribution in [0.5, 0.6) is 0 Å². The van der Waals surface area contributed by atoms with Crippen LogP contribution in [0, 0.1) is 0 Å². The van der Waals surface area contributed by atoms with E-state index in [1.807, 2.05) is 18.2 Å². The molecule has 1 saturated heterocycles. The van der Waals surface area contributed by atoms with Gasteiger partial charge in [-0.3, -0.25) is 0 Å². The van der Waals surface area contributed by atoms with E-state index in [2.05, 4.69) is 51.9 Å². The van der Waals surface area contributed by atoms with Gasteiger partial charge in [-0.2, -0.15) is 0 Å². The van der Waals surface area contributed by atoms with E-state index in [1.165, 1.54) is 55.6 Å². The summed E-state index contributed by atoms with van der Waals surface area (Å²) in [6.07, 6.45) is 4.56. The normalized spacial score (nSPS) is 16.1. The molecule has 1 aromatic heterocycles. The molecule has 0 amide bonds. The molecule has 3 aromatic rings. The number of rotatable bonds is 6. The predicted octanol–water partition coefficient (Wildman–Crippen LogP) is 5.18. The summed E-state index contributed by atoms with van der Waals surface area (Å²) >= 11 is 12.8. The van der Waals surface area contributed by atoms with Gasteiger partial charge in [0.2, 0.25) is 0 Å². The van der Waals surface area contributed by atoms with Crippen molar-refractivity contribution >= 4 is 34.1 Å². The standard InChI is InChI=1S/C23H27Cl2N3/c1-26-12-14-27(15-13-26)11-5-6-18-16-28(23-10-3-2-7-19(18)23)17-20-21(24)8-4-9-22(20)25/h2-4,7-10,16H,5-6,11-15,17H2,1H3. The summed E-state index contributed by atoms with van der Waals surface area (Å²) < 4.78 is 2.29. The number of fused-ring (bicyclic) bond motifs is 1. The van der Waals surface area contributed by atoms with Crippen LogP contribution in [0.25, 0.3) is 10.9 Å². The highest BCUT2D eigenvalue weighted by atomic mass is 35.5. The number of para-hydroxylation sites is 1. The highest BCUT2D eigenvalue weighted by molar-refractivity contribution is 6.36. The first kappa shape index (κ1) is 19.8. The van der Waals surface area contributed by atoms with E-state index in [0.29, 0.717) is 6.54 Å². The molecule has 0 bridgehead atoms. The maximum absolute atomic E-state index is 6.41. The molecule has 2 heterocycles. The lowest BCUT2D eigenvalue weighted by atomic mass is 10.1. The molecule has 0 N–H and O–H groups in total. The molecule has 0 saturated carbocycles. The number of hydrogen-bond donors (Lipinski definition) is 0. The first-order valence-electron chi connectivity index (χ1n) is 10.0. The lowest BCUT2D eigenvalue weighted by Gasteiger charge is -2.32. The molecular formula is C23H27Cl2N3. The van der Waals surface area contributed by atoms with E-state index in [-0.39, 0.29) is 0 Å². The highest BCUT2D eigenvalue weighted by Crippen LogP contribution is 2.29. The van der Waals surface area contributed by atoms with Gasteiger partial charge in [0.15, 0.2) is 0 Å². The smallest absolute Gasteiger partial charge is 0.0505 e. The first-order chi connectivity index (χ1) is 13.6. The van der Waals surface area contributed by atoms with Gasteiger partial charge in [0, 0.05) is 58.9 Å². The summed E-state index contributed by atoms with van der Waals surface area (Å²) in [5.41, 5.74) is 3.64. The van der Waals surface area contributed by atoms with Gasteiger partial charge in [0.05, 0.1) is 6.54 Å². The predicted molar refractivity (Wildman–Crippen MR) is 120 cm³/mol. The first-order valence-corrected chi connectivity index (χ1v) is 10.8. The Kier molecular flexibility index (Phi) is 6.27. The second kappa shape index (κ2) is 8.87. The average molecular weight is 416 g/mol. The lowest BCUT2D eigenvalue weighted by molar-refractivity contribution is 0.153. The topological polar surface area (TPSA) is 11.4 Å². The molecule has 1 aliphatic heterocycles. The van der Waals surface area contributed by atoms with Crippen LogP contribution in [0.4, 0.5) is 0 Å². The minimum Gasteiger partial charge on any atom is -0.343 e. The summed E-state index contributed by atoms with van der Waals surface area (Å²) in [4.78, 5) is 4.99. The van der Waals surface area contributed by atoms with Crippen LogP contribution in [0.15, 0.2) is 48.7 Å². The van der Waals surface area contributed by atoms with E-state index < -0.39 is 0 Å². The zero-order chi connectivity index (χ0) is 19.5. The molecule has 0 radical (unpaired) electrons.